The van der Waals surface area contributed by atoms with E-state index in [-0.39, 0.29) is 0 Å². The number of methoxy groups -OCH3 is 1. The van der Waals surface area contributed by atoms with Gasteiger partial charge in [-0.15, -0.1) is 0 Å². The van der Waals surface area contributed by atoms with Crippen LogP contribution in [0.4, 0.5) is 0 Å². The fraction of sp³-hybridized carbons (Fsp3) is 1.00. The van der Waals surface area contributed by atoms with Crippen molar-refractivity contribution in [1.82, 2.24) is 4.90 Å². The molecule has 0 aromatic carbocycles. The molecule has 15 heavy (non-hydrogen) atoms. The first-order valence-electron chi connectivity index (χ1n) is 6.16. The molecule has 0 heterocycles. The van der Waals surface area contributed by atoms with Crippen molar-refractivity contribution in [2.45, 2.75) is 33.1 Å². The molecule has 2 nitrogen and oxygen atoms in total. The maximum atomic E-state index is 5.50. The topological polar surface area (TPSA) is 12.5 Å². The lowest BCUT2D eigenvalue weighted by molar-refractivity contribution is -0.0524. The van der Waals surface area contributed by atoms with E-state index in [1.807, 2.05) is 7.11 Å². The zero-order chi connectivity index (χ0) is 11.5. The Balaban J connectivity index is 2.77. The van der Waals surface area contributed by atoms with E-state index < -0.39 is 0 Å². The molecule has 0 saturated heterocycles. The Bertz CT molecular complexity index is 187. The zero-order valence-corrected chi connectivity index (χ0v) is 11.0. The molecule has 0 aromatic rings. The molecule has 1 rings (SSSR count). The zero-order valence-electron chi connectivity index (χ0n) is 11.0. The largest absolute Gasteiger partial charge is 0.384 e. The third-order valence-electron chi connectivity index (χ3n) is 4.09. The highest BCUT2D eigenvalue weighted by atomic mass is 16.5. The molecule has 2 heteroatoms. The van der Waals surface area contributed by atoms with Gasteiger partial charge in [-0.1, -0.05) is 20.3 Å². The molecule has 0 aliphatic heterocycles. The van der Waals surface area contributed by atoms with Crippen LogP contribution in [0.3, 0.4) is 0 Å². The van der Waals surface area contributed by atoms with E-state index >= 15 is 0 Å². The number of hydrogen-bond donors (Lipinski definition) is 0. The molecular weight excluding hydrogens is 186 g/mol. The average Bonchev–Trinajstić information content (AvgIpc) is 1.99. The number of rotatable bonds is 6. The van der Waals surface area contributed by atoms with Gasteiger partial charge in [0, 0.05) is 19.1 Å². The van der Waals surface area contributed by atoms with Crippen LogP contribution in [0.1, 0.15) is 33.1 Å². The van der Waals surface area contributed by atoms with Crippen LogP contribution in [0.2, 0.25) is 0 Å². The predicted molar refractivity (Wildman–Crippen MR) is 65.0 cm³/mol. The van der Waals surface area contributed by atoms with Gasteiger partial charge in [-0.05, 0) is 38.8 Å². The lowest BCUT2D eigenvalue weighted by Crippen LogP contribution is -2.49. The highest BCUT2D eigenvalue weighted by molar-refractivity contribution is 4.94. The quantitative estimate of drug-likeness (QED) is 0.672. The lowest BCUT2D eigenvalue weighted by Gasteiger charge is -2.49. The number of ether oxygens (including phenoxy) is 1. The minimum atomic E-state index is 0.372. The molecule has 0 aromatic heterocycles. The normalized spacial score (nSPS) is 21.8. The van der Waals surface area contributed by atoms with Gasteiger partial charge in [0.05, 0.1) is 6.61 Å². The van der Waals surface area contributed by atoms with Gasteiger partial charge in [0.15, 0.2) is 0 Å². The maximum absolute atomic E-state index is 5.50. The second-order valence-corrected chi connectivity index (χ2v) is 5.69. The van der Waals surface area contributed by atoms with E-state index in [0.717, 1.165) is 19.1 Å². The fourth-order valence-electron chi connectivity index (χ4n) is 2.95. The Morgan fingerprint density at radius 3 is 2.20 bits per heavy atom. The summed E-state index contributed by atoms with van der Waals surface area (Å²) in [6.45, 7) is 6.76. The summed E-state index contributed by atoms with van der Waals surface area (Å²) in [5.74, 6) is 1.57. The van der Waals surface area contributed by atoms with Crippen molar-refractivity contribution in [3.05, 3.63) is 0 Å². The van der Waals surface area contributed by atoms with Crippen molar-refractivity contribution in [2.24, 2.45) is 17.3 Å². The van der Waals surface area contributed by atoms with Crippen LogP contribution < -0.4 is 0 Å². The van der Waals surface area contributed by atoms with E-state index in [9.17, 15) is 0 Å². The van der Waals surface area contributed by atoms with Gasteiger partial charge in [-0.2, -0.15) is 0 Å². The molecule has 0 bridgehead atoms. The van der Waals surface area contributed by atoms with Crippen LogP contribution in [0.15, 0.2) is 0 Å². The van der Waals surface area contributed by atoms with Crippen molar-refractivity contribution >= 4 is 0 Å². The van der Waals surface area contributed by atoms with Crippen LogP contribution in [-0.2, 0) is 4.74 Å². The number of hydrogen-bond acceptors (Lipinski definition) is 2. The van der Waals surface area contributed by atoms with E-state index in [1.165, 1.54) is 19.3 Å². The van der Waals surface area contributed by atoms with Crippen molar-refractivity contribution in [1.29, 1.82) is 0 Å². The summed E-state index contributed by atoms with van der Waals surface area (Å²) in [7, 11) is 6.18. The smallest absolute Gasteiger partial charge is 0.0536 e. The Morgan fingerprint density at radius 2 is 1.93 bits per heavy atom. The Morgan fingerprint density at radius 1 is 1.33 bits per heavy atom. The third-order valence-corrected chi connectivity index (χ3v) is 4.09. The molecule has 0 radical (unpaired) electrons. The van der Waals surface area contributed by atoms with Gasteiger partial charge in [-0.3, -0.25) is 0 Å². The van der Waals surface area contributed by atoms with Crippen molar-refractivity contribution in [3.63, 3.8) is 0 Å². The molecule has 90 valence electrons. The molecule has 0 spiro atoms. The molecular formula is C13H27NO. The Kier molecular flexibility index (Phi) is 4.60. The number of nitrogens with zero attached hydrogens (tertiary/aromatic N) is 1. The fourth-order valence-corrected chi connectivity index (χ4v) is 2.95. The van der Waals surface area contributed by atoms with Crippen LogP contribution in [0, 0.1) is 17.3 Å². The SMILES string of the molecule is COCC(CN(C)C)(C(C)C)C1CCC1. The third kappa shape index (κ3) is 2.73. The van der Waals surface area contributed by atoms with Crippen molar-refractivity contribution in [2.75, 3.05) is 34.4 Å². The summed E-state index contributed by atoms with van der Waals surface area (Å²) in [4.78, 5) is 2.32. The highest BCUT2D eigenvalue weighted by Gasteiger charge is 2.44. The summed E-state index contributed by atoms with van der Waals surface area (Å²) in [5, 5.41) is 0. The van der Waals surface area contributed by atoms with E-state index in [4.69, 9.17) is 4.74 Å². The van der Waals surface area contributed by atoms with Gasteiger partial charge in [0.25, 0.3) is 0 Å². The molecule has 1 unspecified atom stereocenters. The van der Waals surface area contributed by atoms with Gasteiger partial charge in [0.1, 0.15) is 0 Å². The first-order chi connectivity index (χ1) is 7.03. The second-order valence-electron chi connectivity index (χ2n) is 5.69. The highest BCUT2D eigenvalue weighted by Crippen LogP contribution is 2.47. The van der Waals surface area contributed by atoms with Crippen LogP contribution in [0.5, 0.6) is 0 Å². The molecule has 1 atom stereocenters. The van der Waals surface area contributed by atoms with Gasteiger partial charge >= 0.3 is 0 Å². The first-order valence-corrected chi connectivity index (χ1v) is 6.16. The monoisotopic (exact) mass is 213 g/mol. The first kappa shape index (κ1) is 13.0. The van der Waals surface area contributed by atoms with E-state index in [0.29, 0.717) is 11.3 Å². The predicted octanol–water partition coefficient (Wildman–Crippen LogP) is 2.64. The molecule has 1 aliphatic carbocycles. The van der Waals surface area contributed by atoms with Gasteiger partial charge in [0.2, 0.25) is 0 Å². The average molecular weight is 213 g/mol. The standard InChI is InChI=1S/C13H27NO/c1-11(2)13(10-15-5,9-14(3)4)12-7-6-8-12/h11-12H,6-10H2,1-5H3. The van der Waals surface area contributed by atoms with E-state index in [2.05, 4.69) is 32.8 Å². The van der Waals surface area contributed by atoms with E-state index in [1.54, 1.807) is 0 Å². The van der Waals surface area contributed by atoms with Crippen LogP contribution in [0.25, 0.3) is 0 Å². The second kappa shape index (κ2) is 5.31. The summed E-state index contributed by atoms with van der Waals surface area (Å²) < 4.78 is 5.50. The van der Waals surface area contributed by atoms with Gasteiger partial charge in [-0.25, -0.2) is 0 Å². The van der Waals surface area contributed by atoms with Crippen LogP contribution >= 0.6 is 0 Å². The maximum Gasteiger partial charge on any atom is 0.0536 e. The van der Waals surface area contributed by atoms with Gasteiger partial charge < -0.3 is 9.64 Å². The van der Waals surface area contributed by atoms with Crippen molar-refractivity contribution < 1.29 is 4.74 Å². The molecule has 0 amide bonds. The minimum absolute atomic E-state index is 0.372. The minimum Gasteiger partial charge on any atom is -0.384 e. The Hall–Kier alpha value is -0.0800. The summed E-state index contributed by atoms with van der Waals surface area (Å²) in [6, 6.07) is 0. The molecule has 0 N–H and O–H groups in total. The summed E-state index contributed by atoms with van der Waals surface area (Å²) >= 11 is 0. The summed E-state index contributed by atoms with van der Waals surface area (Å²) in [6.07, 6.45) is 4.21. The molecule has 1 saturated carbocycles. The Labute approximate surface area is 95.0 Å². The van der Waals surface area contributed by atoms with Crippen molar-refractivity contribution in [3.8, 4) is 0 Å². The molecule has 1 fully saturated rings. The lowest BCUT2D eigenvalue weighted by atomic mass is 9.60. The summed E-state index contributed by atoms with van der Waals surface area (Å²) in [5.41, 5.74) is 0.372. The van der Waals surface area contributed by atoms with Crippen LogP contribution in [-0.4, -0.2) is 39.3 Å². The molecule has 1 aliphatic rings.